The van der Waals surface area contributed by atoms with Gasteiger partial charge in [-0.1, -0.05) is 6.07 Å². The maximum atomic E-state index is 11.9. The van der Waals surface area contributed by atoms with Crippen molar-refractivity contribution in [2.45, 2.75) is 32.9 Å². The second-order valence-electron chi connectivity index (χ2n) is 9.42. The molecule has 2 atom stereocenters. The van der Waals surface area contributed by atoms with Crippen LogP contribution in [-0.4, -0.2) is 34.8 Å². The Morgan fingerprint density at radius 3 is 2.38 bits per heavy atom. The summed E-state index contributed by atoms with van der Waals surface area (Å²) in [5.74, 6) is 1.20. The first-order chi connectivity index (χ1) is 18.8. The van der Waals surface area contributed by atoms with Crippen LogP contribution < -0.4 is 25.0 Å². The zero-order chi connectivity index (χ0) is 27.7. The Labute approximate surface area is 233 Å². The normalized spacial score (nSPS) is 16.6. The number of hydrogen-bond donors (Lipinski definition) is 2. The number of aryl methyl sites for hydroxylation is 1. The van der Waals surface area contributed by atoms with Gasteiger partial charge in [-0.2, -0.15) is 0 Å². The second-order valence-corrected chi connectivity index (χ2v) is 9.81. The molecule has 1 amide bonds. The molecule has 2 aromatic heterocycles. The molecule has 2 N–H and O–H groups in total. The summed E-state index contributed by atoms with van der Waals surface area (Å²) in [6, 6.07) is 21.4. The average molecular weight is 542 g/mol. The predicted octanol–water partition coefficient (Wildman–Crippen LogP) is 5.64. The van der Waals surface area contributed by atoms with Crippen molar-refractivity contribution in [3.8, 4) is 17.2 Å². The predicted molar refractivity (Wildman–Crippen MR) is 157 cm³/mol. The summed E-state index contributed by atoms with van der Waals surface area (Å²) in [4.78, 5) is 18.7. The molecular formula is C30H31N5O3S. The minimum atomic E-state index is -0.204. The van der Waals surface area contributed by atoms with Crippen LogP contribution in [0.15, 0.2) is 72.9 Å². The summed E-state index contributed by atoms with van der Waals surface area (Å²) in [5.41, 5.74) is 6.64. The number of benzene rings is 2. The van der Waals surface area contributed by atoms with Crippen molar-refractivity contribution in [2.24, 2.45) is 0 Å². The summed E-state index contributed by atoms with van der Waals surface area (Å²) >= 11 is 5.92. The number of methoxy groups -OCH3 is 2. The lowest BCUT2D eigenvalue weighted by atomic mass is 9.96. The Morgan fingerprint density at radius 2 is 1.74 bits per heavy atom. The van der Waals surface area contributed by atoms with E-state index < -0.39 is 0 Å². The molecule has 2 aromatic carbocycles. The van der Waals surface area contributed by atoms with Crippen molar-refractivity contribution in [1.29, 1.82) is 0 Å². The third-order valence-electron chi connectivity index (χ3n) is 6.99. The van der Waals surface area contributed by atoms with E-state index in [1.807, 2.05) is 48.5 Å². The topological polar surface area (TPSA) is 80.7 Å². The standard InChI is InChI=1S/C30H31N5O3S/c1-18-16-24(19(2)34(18)21-9-12-23(37-4)13-10-21)29-28(25-8-6-7-15-31-25)33-30(39)35(29)22-11-14-27(38-5)26(17-22)32-20(3)36/h6-17,28-29H,1-5H3,(H,32,36)(H,33,39)/t28-,29-/m1/s1. The van der Waals surface area contributed by atoms with Crippen LogP contribution >= 0.6 is 12.2 Å². The Hall–Kier alpha value is -4.37. The molecule has 1 aliphatic heterocycles. The van der Waals surface area contributed by atoms with E-state index in [0.717, 1.165) is 39.8 Å². The van der Waals surface area contributed by atoms with Gasteiger partial charge in [0.1, 0.15) is 11.5 Å². The van der Waals surface area contributed by atoms with Gasteiger partial charge in [0, 0.05) is 35.9 Å². The summed E-state index contributed by atoms with van der Waals surface area (Å²) in [7, 11) is 3.24. The van der Waals surface area contributed by atoms with Crippen LogP contribution in [0.5, 0.6) is 11.5 Å². The van der Waals surface area contributed by atoms with Gasteiger partial charge < -0.3 is 29.6 Å². The molecule has 0 aliphatic carbocycles. The molecule has 200 valence electrons. The molecule has 0 saturated carbocycles. The number of pyridine rings is 1. The minimum Gasteiger partial charge on any atom is -0.497 e. The quantitative estimate of drug-likeness (QED) is 0.293. The van der Waals surface area contributed by atoms with Gasteiger partial charge in [0.15, 0.2) is 5.11 Å². The van der Waals surface area contributed by atoms with Gasteiger partial charge in [0.25, 0.3) is 0 Å². The molecule has 39 heavy (non-hydrogen) atoms. The zero-order valence-electron chi connectivity index (χ0n) is 22.6. The van der Waals surface area contributed by atoms with Crippen molar-refractivity contribution in [3.63, 3.8) is 0 Å². The molecule has 9 heteroatoms. The number of anilines is 2. The van der Waals surface area contributed by atoms with Crippen molar-refractivity contribution in [3.05, 3.63) is 95.6 Å². The largest absolute Gasteiger partial charge is 0.497 e. The lowest BCUT2D eigenvalue weighted by molar-refractivity contribution is -0.114. The Kier molecular flexibility index (Phi) is 7.26. The third-order valence-corrected chi connectivity index (χ3v) is 7.30. The highest BCUT2D eigenvalue weighted by molar-refractivity contribution is 7.80. The molecule has 3 heterocycles. The van der Waals surface area contributed by atoms with Crippen LogP contribution in [0.4, 0.5) is 11.4 Å². The number of aromatic nitrogens is 2. The lowest BCUT2D eigenvalue weighted by Crippen LogP contribution is -2.29. The van der Waals surface area contributed by atoms with Gasteiger partial charge in [-0.3, -0.25) is 9.78 Å². The van der Waals surface area contributed by atoms with Gasteiger partial charge in [0.2, 0.25) is 5.91 Å². The molecule has 1 aliphatic rings. The number of rotatable bonds is 7. The van der Waals surface area contributed by atoms with E-state index in [9.17, 15) is 4.79 Å². The average Bonchev–Trinajstić information content (AvgIpc) is 3.43. The summed E-state index contributed by atoms with van der Waals surface area (Å²) in [6.07, 6.45) is 1.79. The lowest BCUT2D eigenvalue weighted by Gasteiger charge is -2.29. The molecule has 8 nitrogen and oxygen atoms in total. The van der Waals surface area contributed by atoms with E-state index in [1.165, 1.54) is 6.92 Å². The molecule has 0 radical (unpaired) electrons. The van der Waals surface area contributed by atoms with Gasteiger partial charge in [-0.25, -0.2) is 0 Å². The van der Waals surface area contributed by atoms with Gasteiger partial charge >= 0.3 is 0 Å². The van der Waals surface area contributed by atoms with E-state index in [4.69, 9.17) is 21.7 Å². The van der Waals surface area contributed by atoms with Crippen LogP contribution in [0.2, 0.25) is 0 Å². The molecule has 0 bridgehead atoms. The van der Waals surface area contributed by atoms with Crippen LogP contribution in [0.25, 0.3) is 5.69 Å². The highest BCUT2D eigenvalue weighted by Crippen LogP contribution is 2.45. The van der Waals surface area contributed by atoms with Crippen LogP contribution in [0, 0.1) is 13.8 Å². The maximum Gasteiger partial charge on any atom is 0.221 e. The van der Waals surface area contributed by atoms with Crippen molar-refractivity contribution >= 4 is 34.6 Å². The highest BCUT2D eigenvalue weighted by atomic mass is 32.1. The SMILES string of the molecule is COc1ccc(-n2c(C)cc([C@@H]3[C@@H](c4ccccn4)NC(=S)N3c3ccc(OC)c(NC(C)=O)c3)c2C)cc1. The van der Waals surface area contributed by atoms with E-state index in [0.29, 0.717) is 16.5 Å². The summed E-state index contributed by atoms with van der Waals surface area (Å²) in [5, 5.41) is 6.97. The molecule has 4 aromatic rings. The fourth-order valence-corrected chi connectivity index (χ4v) is 5.64. The fraction of sp³-hybridized carbons (Fsp3) is 0.233. The molecule has 1 fully saturated rings. The van der Waals surface area contributed by atoms with Crippen LogP contribution in [0.3, 0.4) is 0 Å². The fourth-order valence-electron chi connectivity index (χ4n) is 5.30. The van der Waals surface area contributed by atoms with Gasteiger partial charge in [-0.15, -0.1) is 0 Å². The van der Waals surface area contributed by atoms with E-state index in [1.54, 1.807) is 20.4 Å². The van der Waals surface area contributed by atoms with Crippen molar-refractivity contribution in [2.75, 3.05) is 24.4 Å². The Bertz CT molecular complexity index is 1520. The monoisotopic (exact) mass is 541 g/mol. The highest BCUT2D eigenvalue weighted by Gasteiger charge is 2.42. The number of nitrogens with zero attached hydrogens (tertiary/aromatic N) is 3. The van der Waals surface area contributed by atoms with Crippen molar-refractivity contribution in [1.82, 2.24) is 14.9 Å². The summed E-state index contributed by atoms with van der Waals surface area (Å²) in [6.45, 7) is 5.70. The number of hydrogen-bond acceptors (Lipinski definition) is 5. The number of nitrogens with one attached hydrogen (secondary N) is 2. The second kappa shape index (κ2) is 10.8. The maximum absolute atomic E-state index is 11.9. The van der Waals surface area contributed by atoms with E-state index >= 15 is 0 Å². The van der Waals surface area contributed by atoms with Crippen LogP contribution in [-0.2, 0) is 4.79 Å². The van der Waals surface area contributed by atoms with Crippen molar-refractivity contribution < 1.29 is 14.3 Å². The van der Waals surface area contributed by atoms with Crippen LogP contribution in [0.1, 0.15) is 41.7 Å². The number of amides is 1. The first-order valence-corrected chi connectivity index (χ1v) is 13.0. The minimum absolute atomic E-state index is 0.182. The third kappa shape index (κ3) is 4.93. The molecule has 0 unspecified atom stereocenters. The molecule has 0 spiro atoms. The molecular weight excluding hydrogens is 510 g/mol. The smallest absolute Gasteiger partial charge is 0.221 e. The van der Waals surface area contributed by atoms with E-state index in [-0.39, 0.29) is 18.0 Å². The first-order valence-electron chi connectivity index (χ1n) is 12.6. The van der Waals surface area contributed by atoms with Gasteiger partial charge in [-0.05, 0) is 92.3 Å². The Balaban J connectivity index is 1.66. The molecule has 1 saturated heterocycles. The number of thiocarbonyl (C=S) groups is 1. The number of carbonyl (C=O) groups excluding carboxylic acids is 1. The number of ether oxygens (including phenoxy) is 2. The van der Waals surface area contributed by atoms with Gasteiger partial charge in [0.05, 0.1) is 37.7 Å². The number of carbonyl (C=O) groups is 1. The zero-order valence-corrected chi connectivity index (χ0v) is 23.4. The van der Waals surface area contributed by atoms with E-state index in [2.05, 4.69) is 57.1 Å². The summed E-state index contributed by atoms with van der Waals surface area (Å²) < 4.78 is 13.1. The first kappa shape index (κ1) is 26.2. The molecule has 5 rings (SSSR count). The Morgan fingerprint density at radius 1 is 1.00 bits per heavy atom.